The van der Waals surface area contributed by atoms with Crippen LogP contribution in [0.1, 0.15) is 18.5 Å². The van der Waals surface area contributed by atoms with Crippen LogP contribution in [-0.4, -0.2) is 51.4 Å². The lowest BCUT2D eigenvalue weighted by molar-refractivity contribution is 0.0828. The van der Waals surface area contributed by atoms with Crippen molar-refractivity contribution in [3.8, 4) is 11.3 Å². The SMILES string of the molecule is CN1C2CCC1CN(Cc1c(-c3ccc(Cl)cc3)nc3ccccn13)C2. The fourth-order valence-corrected chi connectivity index (χ4v) is 4.70. The molecule has 2 atom stereocenters. The molecule has 5 heteroatoms. The third kappa shape index (κ3) is 2.73. The van der Waals surface area contributed by atoms with Crippen molar-refractivity contribution < 1.29 is 0 Å². The summed E-state index contributed by atoms with van der Waals surface area (Å²) in [4.78, 5) is 10.1. The fourth-order valence-electron chi connectivity index (χ4n) is 4.58. The Balaban J connectivity index is 1.53. The molecule has 2 fully saturated rings. The number of imidazole rings is 1. The Labute approximate surface area is 159 Å². The second-order valence-corrected chi connectivity index (χ2v) is 8.02. The second-order valence-electron chi connectivity index (χ2n) is 7.59. The average Bonchev–Trinajstić information content (AvgIpc) is 3.08. The molecular weight excluding hydrogens is 344 g/mol. The van der Waals surface area contributed by atoms with E-state index in [2.05, 4.69) is 51.7 Å². The average molecular weight is 367 g/mol. The Kier molecular flexibility index (Phi) is 4.00. The van der Waals surface area contributed by atoms with Gasteiger partial charge in [-0.1, -0.05) is 29.8 Å². The number of likely N-dealkylation sites (N-methyl/N-ethyl adjacent to an activating group) is 1. The molecule has 2 aromatic heterocycles. The van der Waals surface area contributed by atoms with E-state index in [1.807, 2.05) is 18.2 Å². The molecule has 0 amide bonds. The molecule has 5 rings (SSSR count). The molecule has 2 unspecified atom stereocenters. The summed E-state index contributed by atoms with van der Waals surface area (Å²) in [6, 6.07) is 15.6. The summed E-state index contributed by atoms with van der Waals surface area (Å²) in [5, 5.41) is 0.759. The first kappa shape index (κ1) is 16.3. The third-order valence-corrected chi connectivity index (χ3v) is 6.29. The van der Waals surface area contributed by atoms with Crippen LogP contribution in [0, 0.1) is 0 Å². The zero-order valence-electron chi connectivity index (χ0n) is 15.0. The number of pyridine rings is 1. The molecule has 0 N–H and O–H groups in total. The lowest BCUT2D eigenvalue weighted by Gasteiger charge is -2.38. The highest BCUT2D eigenvalue weighted by atomic mass is 35.5. The molecule has 4 nitrogen and oxygen atoms in total. The zero-order valence-corrected chi connectivity index (χ0v) is 15.7. The van der Waals surface area contributed by atoms with Gasteiger partial charge in [-0.3, -0.25) is 9.80 Å². The summed E-state index contributed by atoms with van der Waals surface area (Å²) >= 11 is 6.09. The van der Waals surface area contributed by atoms with Crippen LogP contribution in [0.4, 0.5) is 0 Å². The third-order valence-electron chi connectivity index (χ3n) is 6.04. The first-order valence-electron chi connectivity index (χ1n) is 9.35. The molecule has 2 saturated heterocycles. The van der Waals surface area contributed by atoms with E-state index < -0.39 is 0 Å². The first-order chi connectivity index (χ1) is 12.7. The van der Waals surface area contributed by atoms with E-state index in [1.54, 1.807) is 0 Å². The van der Waals surface area contributed by atoms with Crippen LogP contribution in [0.15, 0.2) is 48.7 Å². The van der Waals surface area contributed by atoms with Crippen LogP contribution < -0.4 is 0 Å². The van der Waals surface area contributed by atoms with Crippen molar-refractivity contribution in [1.82, 2.24) is 19.2 Å². The number of benzene rings is 1. The maximum absolute atomic E-state index is 6.09. The van der Waals surface area contributed by atoms with Gasteiger partial charge in [0.15, 0.2) is 0 Å². The molecule has 134 valence electrons. The van der Waals surface area contributed by atoms with E-state index in [1.165, 1.54) is 18.5 Å². The van der Waals surface area contributed by atoms with E-state index >= 15 is 0 Å². The van der Waals surface area contributed by atoms with E-state index in [-0.39, 0.29) is 0 Å². The summed E-state index contributed by atoms with van der Waals surface area (Å²) in [5.74, 6) is 0. The largest absolute Gasteiger partial charge is 0.302 e. The number of fused-ring (bicyclic) bond motifs is 3. The summed E-state index contributed by atoms with van der Waals surface area (Å²) in [7, 11) is 2.28. The number of rotatable bonds is 3. The predicted octanol–water partition coefficient (Wildman–Crippen LogP) is 3.93. The Morgan fingerprint density at radius 3 is 2.50 bits per heavy atom. The quantitative estimate of drug-likeness (QED) is 0.701. The number of aromatic nitrogens is 2. The Morgan fingerprint density at radius 2 is 1.77 bits per heavy atom. The minimum Gasteiger partial charge on any atom is -0.302 e. The molecule has 2 bridgehead atoms. The molecule has 4 heterocycles. The number of hydrogen-bond donors (Lipinski definition) is 0. The maximum atomic E-state index is 6.09. The topological polar surface area (TPSA) is 23.8 Å². The maximum Gasteiger partial charge on any atom is 0.137 e. The van der Waals surface area contributed by atoms with E-state index in [0.29, 0.717) is 12.1 Å². The van der Waals surface area contributed by atoms with Gasteiger partial charge in [0.05, 0.1) is 11.4 Å². The smallest absolute Gasteiger partial charge is 0.137 e. The van der Waals surface area contributed by atoms with Gasteiger partial charge in [0, 0.05) is 48.5 Å². The van der Waals surface area contributed by atoms with Crippen molar-refractivity contribution in [2.75, 3.05) is 20.1 Å². The van der Waals surface area contributed by atoms with Gasteiger partial charge in [0.2, 0.25) is 0 Å². The molecule has 2 aliphatic heterocycles. The van der Waals surface area contributed by atoms with E-state index in [0.717, 1.165) is 41.6 Å². The van der Waals surface area contributed by atoms with Gasteiger partial charge in [-0.2, -0.15) is 0 Å². The second kappa shape index (κ2) is 6.38. The number of halogens is 1. The molecule has 2 aliphatic rings. The van der Waals surface area contributed by atoms with Crippen molar-refractivity contribution in [1.29, 1.82) is 0 Å². The monoisotopic (exact) mass is 366 g/mol. The molecule has 0 radical (unpaired) electrons. The summed E-state index contributed by atoms with van der Waals surface area (Å²) < 4.78 is 2.24. The standard InChI is InChI=1S/C21H23ClN4/c1-24-17-9-10-18(24)13-25(12-17)14-19-21(15-5-7-16(22)8-6-15)23-20-4-2-3-11-26(19)20/h2-8,11,17-18H,9-10,12-14H2,1H3. The van der Waals surface area contributed by atoms with Crippen LogP contribution in [0.3, 0.4) is 0 Å². The molecule has 3 aromatic rings. The number of piperazine rings is 1. The molecule has 0 aliphatic carbocycles. The van der Waals surface area contributed by atoms with Crippen molar-refractivity contribution in [2.45, 2.75) is 31.5 Å². The highest BCUT2D eigenvalue weighted by molar-refractivity contribution is 6.30. The van der Waals surface area contributed by atoms with Crippen LogP contribution in [0.25, 0.3) is 16.9 Å². The van der Waals surface area contributed by atoms with Gasteiger partial charge >= 0.3 is 0 Å². The van der Waals surface area contributed by atoms with Crippen LogP contribution in [0.2, 0.25) is 5.02 Å². The highest BCUT2D eigenvalue weighted by Crippen LogP contribution is 2.31. The van der Waals surface area contributed by atoms with Gasteiger partial charge in [0.1, 0.15) is 5.65 Å². The molecule has 26 heavy (non-hydrogen) atoms. The van der Waals surface area contributed by atoms with Crippen LogP contribution in [0.5, 0.6) is 0 Å². The summed E-state index contributed by atoms with van der Waals surface area (Å²) in [6.45, 7) is 3.23. The fraction of sp³-hybridized carbons (Fsp3) is 0.381. The van der Waals surface area contributed by atoms with Crippen LogP contribution in [-0.2, 0) is 6.54 Å². The van der Waals surface area contributed by atoms with Gasteiger partial charge in [-0.25, -0.2) is 4.98 Å². The lowest BCUT2D eigenvalue weighted by Crippen LogP contribution is -2.51. The summed E-state index contributed by atoms with van der Waals surface area (Å²) in [5.41, 5.74) is 4.47. The predicted molar refractivity (Wildman–Crippen MR) is 105 cm³/mol. The lowest BCUT2D eigenvalue weighted by atomic mass is 10.1. The molecule has 0 spiro atoms. The van der Waals surface area contributed by atoms with Gasteiger partial charge < -0.3 is 4.40 Å². The first-order valence-corrected chi connectivity index (χ1v) is 9.73. The number of hydrogen-bond acceptors (Lipinski definition) is 3. The van der Waals surface area contributed by atoms with E-state index in [4.69, 9.17) is 16.6 Å². The Morgan fingerprint density at radius 1 is 1.04 bits per heavy atom. The Hall–Kier alpha value is -1.88. The van der Waals surface area contributed by atoms with Crippen molar-refractivity contribution in [3.05, 3.63) is 59.4 Å². The Bertz CT molecular complexity index is 919. The summed E-state index contributed by atoms with van der Waals surface area (Å²) in [6.07, 6.45) is 4.78. The number of nitrogens with zero attached hydrogens (tertiary/aromatic N) is 4. The van der Waals surface area contributed by atoms with Crippen LogP contribution >= 0.6 is 11.6 Å². The number of likely N-dealkylation sites (tertiary alicyclic amines) is 1. The van der Waals surface area contributed by atoms with Gasteiger partial charge in [-0.15, -0.1) is 0 Å². The minimum atomic E-state index is 0.701. The van der Waals surface area contributed by atoms with E-state index in [9.17, 15) is 0 Å². The van der Waals surface area contributed by atoms with Crippen molar-refractivity contribution >= 4 is 17.2 Å². The van der Waals surface area contributed by atoms with Gasteiger partial charge in [0.25, 0.3) is 0 Å². The zero-order chi connectivity index (χ0) is 17.7. The molecule has 0 saturated carbocycles. The highest BCUT2D eigenvalue weighted by Gasteiger charge is 2.37. The normalized spacial score (nSPS) is 23.8. The van der Waals surface area contributed by atoms with Crippen molar-refractivity contribution in [2.24, 2.45) is 0 Å². The molecular formula is C21H23ClN4. The van der Waals surface area contributed by atoms with Gasteiger partial charge in [-0.05, 0) is 44.2 Å². The van der Waals surface area contributed by atoms with Crippen molar-refractivity contribution in [3.63, 3.8) is 0 Å². The minimum absolute atomic E-state index is 0.701. The molecule has 1 aromatic carbocycles.